The molecule has 0 N–H and O–H groups in total. The number of oxazole rings is 1. The maximum Gasteiger partial charge on any atom is 0.375 e. The van der Waals surface area contributed by atoms with Crippen LogP contribution in [0.2, 0.25) is 0 Å². The second-order valence-corrected chi connectivity index (χ2v) is 8.84. The lowest BCUT2D eigenvalue weighted by atomic mass is 10.2. The van der Waals surface area contributed by atoms with Gasteiger partial charge in [-0.3, -0.25) is 9.69 Å². The van der Waals surface area contributed by atoms with E-state index in [2.05, 4.69) is 11.5 Å². The number of aryl methyl sites for hydroxylation is 2. The largest absolute Gasteiger partial charge is 0.744 e. The zero-order valence-electron chi connectivity index (χ0n) is 19.2. The highest BCUT2D eigenvalue weighted by Gasteiger charge is 2.19. The Morgan fingerprint density at radius 1 is 1.00 bits per heavy atom. The van der Waals surface area contributed by atoms with Gasteiger partial charge < -0.3 is 8.97 Å². The van der Waals surface area contributed by atoms with Gasteiger partial charge in [0.25, 0.3) is 5.52 Å². The van der Waals surface area contributed by atoms with Crippen molar-refractivity contribution in [1.82, 2.24) is 0 Å². The highest BCUT2D eigenvalue weighted by Crippen LogP contribution is 2.17. The van der Waals surface area contributed by atoms with Gasteiger partial charge in [0.15, 0.2) is 0 Å². The van der Waals surface area contributed by atoms with Gasteiger partial charge in [-0.1, -0.05) is 48.0 Å². The third kappa shape index (κ3) is 6.18. The Morgan fingerprint density at radius 3 is 2.21 bits per heavy atom. The monoisotopic (exact) mass is 478 g/mol. The summed E-state index contributed by atoms with van der Waals surface area (Å²) >= 11 is 0. The summed E-state index contributed by atoms with van der Waals surface area (Å²) in [7, 11) is -4.27. The number of benzene rings is 3. The van der Waals surface area contributed by atoms with E-state index in [9.17, 15) is 17.8 Å². The van der Waals surface area contributed by atoms with E-state index in [0.717, 1.165) is 34.8 Å². The second-order valence-electron chi connectivity index (χ2n) is 7.46. The van der Waals surface area contributed by atoms with E-state index in [-0.39, 0.29) is 10.8 Å². The minimum atomic E-state index is -4.27. The molecule has 0 aliphatic rings. The summed E-state index contributed by atoms with van der Waals surface area (Å²) < 4.78 is 39.1. The molecule has 176 valence electrons. The molecule has 8 heteroatoms. The summed E-state index contributed by atoms with van der Waals surface area (Å²) in [6, 6.07) is 23.2. The molecule has 0 aliphatic carbocycles. The summed E-state index contributed by atoms with van der Waals surface area (Å²) in [6.45, 7) is 6.23. The number of para-hydroxylation sites is 3. The first-order valence-electron chi connectivity index (χ1n) is 10.7. The molecule has 1 heterocycles. The molecule has 0 saturated carbocycles. The lowest BCUT2D eigenvalue weighted by Gasteiger charge is -2.15. The van der Waals surface area contributed by atoms with Crippen molar-refractivity contribution >= 4 is 38.9 Å². The minimum Gasteiger partial charge on any atom is -0.744 e. The number of hydrogen-bond acceptors (Lipinski definition) is 5. The number of hydrogen-bond donors (Lipinski definition) is 0. The minimum absolute atomic E-state index is 0.0494. The fourth-order valence-corrected chi connectivity index (χ4v) is 3.78. The van der Waals surface area contributed by atoms with Crippen molar-refractivity contribution in [3.05, 3.63) is 96.5 Å². The van der Waals surface area contributed by atoms with Crippen LogP contribution in [-0.4, -0.2) is 18.9 Å². The molecule has 1 aromatic heterocycles. The van der Waals surface area contributed by atoms with Crippen LogP contribution in [0.15, 0.2) is 94.4 Å². The van der Waals surface area contributed by atoms with Crippen LogP contribution < -0.4 is 9.47 Å². The van der Waals surface area contributed by atoms with E-state index in [1.54, 1.807) is 30.2 Å². The zero-order chi connectivity index (χ0) is 24.7. The Bertz CT molecular complexity index is 1390. The SMILES string of the molecule is CC[n+]1c(C=CN(C(C)=O)c2ccccc2)oc2ccccc21.Cc1ccc(S(=O)(=O)[O-])cc1. The van der Waals surface area contributed by atoms with Gasteiger partial charge in [0, 0.05) is 24.9 Å². The van der Waals surface area contributed by atoms with Gasteiger partial charge in [-0.2, -0.15) is 4.57 Å². The Kier molecular flexibility index (Phi) is 7.99. The maximum absolute atomic E-state index is 11.9. The van der Waals surface area contributed by atoms with Gasteiger partial charge in [-0.15, -0.1) is 0 Å². The lowest BCUT2D eigenvalue weighted by molar-refractivity contribution is -0.674. The number of nitrogens with zero attached hydrogens (tertiary/aromatic N) is 2. The van der Waals surface area contributed by atoms with Gasteiger partial charge >= 0.3 is 5.89 Å². The van der Waals surface area contributed by atoms with E-state index in [1.165, 1.54) is 12.1 Å². The fourth-order valence-electron chi connectivity index (χ4n) is 3.31. The average molecular weight is 479 g/mol. The molecule has 4 aromatic rings. The molecule has 0 bridgehead atoms. The number of carbonyl (C=O) groups excluding carboxylic acids is 1. The van der Waals surface area contributed by atoms with Gasteiger partial charge in [-0.05, 0) is 44.2 Å². The molecular weight excluding hydrogens is 452 g/mol. The summed E-state index contributed by atoms with van der Waals surface area (Å²) in [6.07, 6.45) is 3.58. The molecule has 0 aliphatic heterocycles. The smallest absolute Gasteiger partial charge is 0.375 e. The van der Waals surface area contributed by atoms with Gasteiger partial charge in [0.1, 0.15) is 16.7 Å². The summed E-state index contributed by atoms with van der Waals surface area (Å²) in [5, 5.41) is 0. The maximum atomic E-state index is 11.9. The van der Waals surface area contributed by atoms with E-state index in [1.807, 2.05) is 67.6 Å². The fraction of sp³-hybridized carbons (Fsp3) is 0.154. The molecule has 0 saturated heterocycles. The van der Waals surface area contributed by atoms with Crippen molar-refractivity contribution in [3.63, 3.8) is 0 Å². The summed E-state index contributed by atoms with van der Waals surface area (Å²) in [5.74, 6) is 0.669. The Morgan fingerprint density at radius 2 is 1.62 bits per heavy atom. The highest BCUT2D eigenvalue weighted by atomic mass is 32.2. The second kappa shape index (κ2) is 10.9. The van der Waals surface area contributed by atoms with Crippen molar-refractivity contribution in [2.75, 3.05) is 4.90 Å². The van der Waals surface area contributed by atoms with Crippen molar-refractivity contribution < 1.29 is 26.7 Å². The molecule has 0 unspecified atom stereocenters. The van der Waals surface area contributed by atoms with Crippen molar-refractivity contribution in [3.8, 4) is 0 Å². The van der Waals surface area contributed by atoms with Crippen LogP contribution in [0.4, 0.5) is 5.69 Å². The first-order chi connectivity index (χ1) is 16.2. The van der Waals surface area contributed by atoms with E-state index >= 15 is 0 Å². The van der Waals surface area contributed by atoms with Crippen LogP contribution in [0.3, 0.4) is 0 Å². The predicted molar refractivity (Wildman–Crippen MR) is 130 cm³/mol. The topological polar surface area (TPSA) is 94.5 Å². The standard InChI is InChI=1S/C19H19N2O2.C7H8O3S/c1-3-20-17-11-7-8-12-18(17)23-19(20)13-14-21(15(2)22)16-9-5-4-6-10-16;1-6-2-4-7(5-3-6)11(8,9)10/h4-14H,3H2,1-2H3;2-5H,1H3,(H,8,9,10)/q+1;/p-1. The number of amides is 1. The van der Waals surface area contributed by atoms with Gasteiger partial charge in [0.2, 0.25) is 11.5 Å². The molecule has 0 spiro atoms. The molecule has 1 amide bonds. The first-order valence-corrected chi connectivity index (χ1v) is 12.1. The van der Waals surface area contributed by atoms with Crippen LogP contribution in [0.1, 0.15) is 25.3 Å². The molecule has 3 aromatic carbocycles. The molecule has 0 fully saturated rings. The molecule has 4 rings (SSSR count). The lowest BCUT2D eigenvalue weighted by Crippen LogP contribution is -2.34. The van der Waals surface area contributed by atoms with Crippen LogP contribution in [0, 0.1) is 6.92 Å². The summed E-state index contributed by atoms with van der Waals surface area (Å²) in [4.78, 5) is 13.4. The number of aromatic nitrogens is 1. The van der Waals surface area contributed by atoms with Crippen molar-refractivity contribution in [2.24, 2.45) is 0 Å². The molecule has 0 atom stereocenters. The third-order valence-corrected chi connectivity index (χ3v) is 5.85. The number of anilines is 1. The van der Waals surface area contributed by atoms with Crippen molar-refractivity contribution in [2.45, 2.75) is 32.2 Å². The summed E-state index contributed by atoms with van der Waals surface area (Å²) in [5.41, 5.74) is 3.64. The van der Waals surface area contributed by atoms with Crippen LogP contribution in [0.5, 0.6) is 0 Å². The Hall–Kier alpha value is -3.75. The number of carbonyl (C=O) groups is 1. The quantitative estimate of drug-likeness (QED) is 0.307. The molecule has 7 nitrogen and oxygen atoms in total. The zero-order valence-corrected chi connectivity index (χ0v) is 20.0. The Labute approximate surface area is 199 Å². The number of rotatable bonds is 5. The van der Waals surface area contributed by atoms with Gasteiger partial charge in [0.05, 0.1) is 11.0 Å². The Balaban J connectivity index is 0.000000248. The first kappa shape index (κ1) is 24.9. The van der Waals surface area contributed by atoms with Crippen LogP contribution in [0.25, 0.3) is 17.2 Å². The molecule has 0 radical (unpaired) electrons. The highest BCUT2D eigenvalue weighted by molar-refractivity contribution is 7.85. The molecule has 34 heavy (non-hydrogen) atoms. The van der Waals surface area contributed by atoms with E-state index in [4.69, 9.17) is 4.42 Å². The average Bonchev–Trinajstić information content (AvgIpc) is 3.17. The van der Waals surface area contributed by atoms with Crippen LogP contribution >= 0.6 is 0 Å². The van der Waals surface area contributed by atoms with Crippen LogP contribution in [-0.2, 0) is 21.5 Å². The normalized spacial score (nSPS) is 11.3. The predicted octanol–water partition coefficient (Wildman–Crippen LogP) is 4.66. The molecular formula is C26H26N2O5S. The van der Waals surface area contributed by atoms with Gasteiger partial charge in [-0.25, -0.2) is 8.42 Å². The number of fused-ring (bicyclic) bond motifs is 1. The van der Waals surface area contributed by atoms with Crippen molar-refractivity contribution in [1.29, 1.82) is 0 Å². The van der Waals surface area contributed by atoms with E-state index in [0.29, 0.717) is 0 Å². The van der Waals surface area contributed by atoms with E-state index < -0.39 is 10.1 Å². The third-order valence-electron chi connectivity index (χ3n) is 5.00.